The molecule has 0 radical (unpaired) electrons. The van der Waals surface area contributed by atoms with Crippen LogP contribution in [0.15, 0.2) is 6.20 Å². The summed E-state index contributed by atoms with van der Waals surface area (Å²) in [5.41, 5.74) is 0.961. The largest absolute Gasteiger partial charge is 0.280 e. The smallest absolute Gasteiger partial charge is 0.279 e. The number of amides is 2. The first-order valence-corrected chi connectivity index (χ1v) is 4.23. The van der Waals surface area contributed by atoms with Gasteiger partial charge in [0.15, 0.2) is 0 Å². The molecule has 0 aliphatic carbocycles. The predicted octanol–water partition coefficient (Wildman–Crippen LogP) is -0.0603. The fourth-order valence-electron chi connectivity index (χ4n) is 1.36. The molecule has 0 atom stereocenters. The maximum Gasteiger partial charge on any atom is 0.279 e. The molecule has 2 rings (SSSR count). The van der Waals surface area contributed by atoms with E-state index in [-0.39, 0.29) is 18.2 Å². The van der Waals surface area contributed by atoms with Crippen LogP contribution < -0.4 is 0 Å². The normalized spacial score (nSPS) is 15.7. The second kappa shape index (κ2) is 2.87. The Hall–Kier alpha value is -1.78. The quantitative estimate of drug-likeness (QED) is 0.539. The van der Waals surface area contributed by atoms with Crippen LogP contribution in [0, 0.1) is 6.92 Å². The molecule has 2 heterocycles. The molecule has 14 heavy (non-hydrogen) atoms. The molecule has 0 aromatic carbocycles. The Kier molecular flexibility index (Phi) is 1.80. The van der Waals surface area contributed by atoms with Crippen LogP contribution in [0.5, 0.6) is 0 Å². The summed E-state index contributed by atoms with van der Waals surface area (Å²) in [6.07, 6.45) is 1.75. The zero-order valence-corrected chi connectivity index (χ0v) is 7.94. The number of hydrogen-bond acceptors (Lipinski definition) is 4. The molecule has 72 valence electrons. The monoisotopic (exact) mass is 191 g/mol. The van der Waals surface area contributed by atoms with Gasteiger partial charge in [-0.15, -0.1) is 0 Å². The number of rotatable bonds is 0. The second-order valence-corrected chi connectivity index (χ2v) is 3.23. The highest BCUT2D eigenvalue weighted by Crippen LogP contribution is 2.15. The molecule has 5 heteroatoms. The van der Waals surface area contributed by atoms with E-state index in [4.69, 9.17) is 0 Å². The van der Waals surface area contributed by atoms with Crippen molar-refractivity contribution in [1.82, 2.24) is 14.9 Å². The predicted molar refractivity (Wildman–Crippen MR) is 47.6 cm³/mol. The first-order valence-electron chi connectivity index (χ1n) is 4.23. The lowest BCUT2D eigenvalue weighted by Gasteiger charge is -2.21. The Morgan fingerprint density at radius 3 is 2.86 bits per heavy atom. The van der Waals surface area contributed by atoms with Gasteiger partial charge < -0.3 is 0 Å². The van der Waals surface area contributed by atoms with Gasteiger partial charge >= 0.3 is 0 Å². The number of aryl methyl sites for hydroxylation is 1. The van der Waals surface area contributed by atoms with E-state index in [1.54, 1.807) is 13.1 Å². The Bertz CT molecular complexity index is 428. The third kappa shape index (κ3) is 1.17. The molecular weight excluding hydrogens is 182 g/mol. The second-order valence-electron chi connectivity index (χ2n) is 3.23. The van der Waals surface area contributed by atoms with E-state index in [0.717, 1.165) is 4.90 Å². The Morgan fingerprint density at radius 2 is 2.14 bits per heavy atom. The van der Waals surface area contributed by atoms with Gasteiger partial charge in [-0.3, -0.25) is 14.5 Å². The van der Waals surface area contributed by atoms with E-state index in [9.17, 15) is 9.59 Å². The minimum atomic E-state index is -0.346. The van der Waals surface area contributed by atoms with Gasteiger partial charge in [-0.05, 0) is 6.92 Å². The summed E-state index contributed by atoms with van der Waals surface area (Å²) < 4.78 is 0. The van der Waals surface area contributed by atoms with E-state index >= 15 is 0 Å². The van der Waals surface area contributed by atoms with Gasteiger partial charge in [0.25, 0.3) is 5.91 Å². The molecule has 2 amide bonds. The van der Waals surface area contributed by atoms with Gasteiger partial charge in [0.2, 0.25) is 5.91 Å². The van der Waals surface area contributed by atoms with Crippen LogP contribution in [0.4, 0.5) is 0 Å². The highest BCUT2D eigenvalue weighted by Gasteiger charge is 2.29. The average molecular weight is 191 g/mol. The molecule has 0 fully saturated rings. The first kappa shape index (κ1) is 8.80. The third-order valence-electron chi connectivity index (χ3n) is 2.21. The van der Waals surface area contributed by atoms with Crippen LogP contribution in [-0.2, 0) is 11.2 Å². The highest BCUT2D eigenvalue weighted by atomic mass is 16.2. The van der Waals surface area contributed by atoms with Crippen LogP contribution in [0.25, 0.3) is 0 Å². The van der Waals surface area contributed by atoms with E-state index in [2.05, 4.69) is 9.97 Å². The van der Waals surface area contributed by atoms with E-state index in [1.807, 2.05) is 0 Å². The summed E-state index contributed by atoms with van der Waals surface area (Å²) in [6, 6.07) is 0. The van der Waals surface area contributed by atoms with Gasteiger partial charge in [0, 0.05) is 18.8 Å². The number of nitrogens with zero attached hydrogens (tertiary/aromatic N) is 3. The fourth-order valence-corrected chi connectivity index (χ4v) is 1.36. The Balaban J connectivity index is 2.57. The molecule has 1 aliphatic heterocycles. The van der Waals surface area contributed by atoms with Crippen molar-refractivity contribution in [2.75, 3.05) is 7.05 Å². The van der Waals surface area contributed by atoms with Crippen LogP contribution >= 0.6 is 0 Å². The molecule has 0 saturated carbocycles. The summed E-state index contributed by atoms with van der Waals surface area (Å²) in [7, 11) is 1.46. The third-order valence-corrected chi connectivity index (χ3v) is 2.21. The van der Waals surface area contributed by atoms with Crippen LogP contribution in [-0.4, -0.2) is 33.7 Å². The molecule has 5 nitrogen and oxygen atoms in total. The number of fused-ring (bicyclic) bond motifs is 1. The topological polar surface area (TPSA) is 63.2 Å². The van der Waals surface area contributed by atoms with Crippen molar-refractivity contribution < 1.29 is 9.59 Å². The minimum absolute atomic E-state index is 0.206. The maximum absolute atomic E-state index is 11.6. The zero-order valence-electron chi connectivity index (χ0n) is 7.94. The number of carbonyl (C=O) groups excluding carboxylic acids is 2. The van der Waals surface area contributed by atoms with Crippen molar-refractivity contribution in [1.29, 1.82) is 0 Å². The standard InChI is InChI=1S/C9H9N3O2/c1-5-10-4-6-3-7(13)12(2)9(14)8(6)11-5/h4H,3H2,1-2H3. The number of carbonyl (C=O) groups is 2. The number of aromatic nitrogens is 2. The fraction of sp³-hybridized carbons (Fsp3) is 0.333. The summed E-state index contributed by atoms with van der Waals surface area (Å²) in [6.45, 7) is 1.71. The van der Waals surface area contributed by atoms with Gasteiger partial charge in [0.1, 0.15) is 11.5 Å². The lowest BCUT2D eigenvalue weighted by molar-refractivity contribution is -0.127. The summed E-state index contributed by atoms with van der Waals surface area (Å²) >= 11 is 0. The summed E-state index contributed by atoms with van der Waals surface area (Å²) in [4.78, 5) is 32.0. The van der Waals surface area contributed by atoms with Gasteiger partial charge in [-0.2, -0.15) is 0 Å². The summed E-state index contributed by atoms with van der Waals surface area (Å²) in [5.74, 6) is -0.0171. The van der Waals surface area contributed by atoms with Crippen LogP contribution in [0.3, 0.4) is 0 Å². The number of imide groups is 1. The van der Waals surface area contributed by atoms with Crippen molar-refractivity contribution in [3.05, 3.63) is 23.3 Å². The van der Waals surface area contributed by atoms with Gasteiger partial charge in [-0.1, -0.05) is 0 Å². The lowest BCUT2D eigenvalue weighted by Crippen LogP contribution is -2.40. The van der Waals surface area contributed by atoms with Crippen molar-refractivity contribution >= 4 is 11.8 Å². The maximum atomic E-state index is 11.6. The zero-order chi connectivity index (χ0) is 10.3. The molecule has 1 aliphatic rings. The van der Waals surface area contributed by atoms with Crippen LogP contribution in [0.2, 0.25) is 0 Å². The SMILES string of the molecule is Cc1ncc2c(n1)C(=O)N(C)C(=O)C2. The highest BCUT2D eigenvalue weighted by molar-refractivity contribution is 6.08. The van der Waals surface area contributed by atoms with E-state index in [0.29, 0.717) is 17.1 Å². The number of likely N-dealkylation sites (N-methyl/N-ethyl adjacent to an activating group) is 1. The van der Waals surface area contributed by atoms with E-state index in [1.165, 1.54) is 7.05 Å². The number of hydrogen-bond donors (Lipinski definition) is 0. The molecular formula is C9H9N3O2. The van der Waals surface area contributed by atoms with Crippen LogP contribution in [0.1, 0.15) is 21.9 Å². The van der Waals surface area contributed by atoms with Crippen molar-refractivity contribution in [3.8, 4) is 0 Å². The molecule has 1 aromatic rings. The average Bonchev–Trinajstić information content (AvgIpc) is 2.16. The van der Waals surface area contributed by atoms with Gasteiger partial charge in [-0.25, -0.2) is 9.97 Å². The van der Waals surface area contributed by atoms with Crippen molar-refractivity contribution in [2.24, 2.45) is 0 Å². The Morgan fingerprint density at radius 1 is 1.43 bits per heavy atom. The molecule has 0 bridgehead atoms. The lowest BCUT2D eigenvalue weighted by atomic mass is 10.1. The molecule has 1 aromatic heterocycles. The van der Waals surface area contributed by atoms with Crippen molar-refractivity contribution in [3.63, 3.8) is 0 Å². The summed E-state index contributed by atoms with van der Waals surface area (Å²) in [5, 5.41) is 0. The van der Waals surface area contributed by atoms with E-state index < -0.39 is 0 Å². The van der Waals surface area contributed by atoms with Crippen molar-refractivity contribution in [2.45, 2.75) is 13.3 Å². The van der Waals surface area contributed by atoms with Gasteiger partial charge in [0.05, 0.1) is 6.42 Å². The molecule has 0 saturated heterocycles. The molecule has 0 N–H and O–H groups in total. The first-order chi connectivity index (χ1) is 6.59. The Labute approximate surface area is 80.8 Å². The minimum Gasteiger partial charge on any atom is -0.280 e. The molecule has 0 unspecified atom stereocenters. The molecule has 0 spiro atoms.